The fourth-order valence-corrected chi connectivity index (χ4v) is 5.15. The normalized spacial score (nSPS) is 30.0. The number of nitrogens with one attached hydrogen (secondary N) is 1. The van der Waals surface area contributed by atoms with Crippen LogP contribution < -0.4 is 0 Å². The summed E-state index contributed by atoms with van der Waals surface area (Å²) in [4.78, 5) is 0. The van der Waals surface area contributed by atoms with Gasteiger partial charge in [-0.05, 0) is 24.3 Å². The lowest BCUT2D eigenvalue weighted by Gasteiger charge is -2.48. The van der Waals surface area contributed by atoms with Crippen molar-refractivity contribution in [3.8, 4) is 18.2 Å². The van der Waals surface area contributed by atoms with E-state index in [4.69, 9.17) is 38.1 Å². The molecule has 1 N–H and O–H groups in total. The fraction of sp³-hybridized carbons (Fsp3) is 0.273. The fourth-order valence-electron chi connectivity index (χ4n) is 4.61. The minimum absolute atomic E-state index is 0.0747. The minimum Gasteiger partial charge on any atom is -0.443 e. The van der Waals surface area contributed by atoms with Gasteiger partial charge >= 0.3 is 0 Å². The van der Waals surface area contributed by atoms with Crippen molar-refractivity contribution in [2.45, 2.75) is 18.8 Å². The Labute approximate surface area is 191 Å². The molecule has 0 aliphatic carbocycles. The zero-order valence-electron chi connectivity index (χ0n) is 16.3. The Balaban J connectivity index is 2.08. The molecule has 10 heteroatoms. The summed E-state index contributed by atoms with van der Waals surface area (Å²) in [5.74, 6) is -5.67. The van der Waals surface area contributed by atoms with Crippen LogP contribution in [0, 0.1) is 67.8 Å². The van der Waals surface area contributed by atoms with Gasteiger partial charge in [0.1, 0.15) is 17.7 Å². The summed E-state index contributed by atoms with van der Waals surface area (Å²) in [6.45, 7) is 1.48. The van der Waals surface area contributed by atoms with Crippen LogP contribution >= 0.6 is 23.2 Å². The van der Waals surface area contributed by atoms with Crippen molar-refractivity contribution < 1.29 is 18.3 Å². The number of fused-ring (bicyclic) bond motifs is 2. The monoisotopic (exact) mass is 472 g/mol. The highest BCUT2D eigenvalue weighted by molar-refractivity contribution is 6.35. The second-order valence-electron chi connectivity index (χ2n) is 7.56. The second-order valence-corrected chi connectivity index (χ2v) is 8.40. The lowest BCUT2D eigenvalue weighted by molar-refractivity contribution is -0.289. The Morgan fingerprint density at radius 1 is 1.03 bits per heavy atom. The first-order valence-corrected chi connectivity index (χ1v) is 9.99. The number of nitrogens with zero attached hydrogens (tertiary/aromatic N) is 3. The highest BCUT2D eigenvalue weighted by atomic mass is 35.5. The second kappa shape index (κ2) is 7.15. The maximum Gasteiger partial charge on any atom is 0.245 e. The number of nitriles is 3. The molecule has 2 heterocycles. The molecular weight excluding hydrogens is 461 g/mol. The van der Waals surface area contributed by atoms with Crippen molar-refractivity contribution in [1.29, 1.82) is 21.2 Å². The molecule has 0 spiro atoms. The number of rotatable bonds is 2. The van der Waals surface area contributed by atoms with Crippen LogP contribution in [0.3, 0.4) is 0 Å². The van der Waals surface area contributed by atoms with Gasteiger partial charge < -0.3 is 9.47 Å². The molecule has 2 fully saturated rings. The summed E-state index contributed by atoms with van der Waals surface area (Å²) in [6.07, 6.45) is -1.72. The third kappa shape index (κ3) is 2.48. The molecule has 2 aliphatic rings. The molecule has 4 atom stereocenters. The molecule has 2 saturated heterocycles. The number of ether oxygens (including phenoxy) is 2. The van der Waals surface area contributed by atoms with E-state index >= 15 is 0 Å². The molecule has 0 aromatic heterocycles. The van der Waals surface area contributed by atoms with E-state index in [9.17, 15) is 24.6 Å². The Kier molecular flexibility index (Phi) is 4.91. The summed E-state index contributed by atoms with van der Waals surface area (Å²) in [6, 6.07) is 12.4. The molecule has 2 aromatic carbocycles. The molecule has 0 amide bonds. The van der Waals surface area contributed by atoms with Gasteiger partial charge in [-0.3, -0.25) is 5.41 Å². The highest BCUT2D eigenvalue weighted by Crippen LogP contribution is 2.69. The Bertz CT molecular complexity index is 1280. The summed E-state index contributed by atoms with van der Waals surface area (Å²) in [5.41, 5.74) is -4.71. The third-order valence-corrected chi connectivity index (χ3v) is 6.77. The van der Waals surface area contributed by atoms with Gasteiger partial charge in [0.05, 0.1) is 29.1 Å². The van der Waals surface area contributed by atoms with Gasteiger partial charge in [0.15, 0.2) is 5.41 Å². The first-order chi connectivity index (χ1) is 15.1. The molecule has 2 aromatic rings. The molecular formula is C22H12Cl2F2N4O2. The van der Waals surface area contributed by atoms with Crippen molar-refractivity contribution in [2.24, 2.45) is 16.7 Å². The maximum absolute atomic E-state index is 14.8. The zero-order chi connectivity index (χ0) is 23.5. The van der Waals surface area contributed by atoms with Crippen molar-refractivity contribution in [2.75, 3.05) is 0 Å². The Morgan fingerprint density at radius 2 is 1.72 bits per heavy atom. The number of benzene rings is 2. The van der Waals surface area contributed by atoms with Gasteiger partial charge in [-0.15, -0.1) is 0 Å². The van der Waals surface area contributed by atoms with Crippen LogP contribution in [0.15, 0.2) is 36.4 Å². The van der Waals surface area contributed by atoms with Gasteiger partial charge in [-0.2, -0.15) is 15.8 Å². The van der Waals surface area contributed by atoms with Gasteiger partial charge in [-0.1, -0.05) is 36.2 Å². The first-order valence-electron chi connectivity index (χ1n) is 9.23. The van der Waals surface area contributed by atoms with Crippen molar-refractivity contribution in [3.63, 3.8) is 0 Å². The van der Waals surface area contributed by atoms with Crippen LogP contribution in [0.25, 0.3) is 0 Å². The van der Waals surface area contributed by atoms with E-state index in [1.165, 1.54) is 25.1 Å². The Hall–Kier alpha value is -3.22. The van der Waals surface area contributed by atoms with Gasteiger partial charge in [0.2, 0.25) is 17.1 Å². The van der Waals surface area contributed by atoms with Gasteiger partial charge in [0, 0.05) is 22.2 Å². The third-order valence-electron chi connectivity index (χ3n) is 6.22. The van der Waals surface area contributed by atoms with E-state index in [0.29, 0.717) is 11.1 Å². The first kappa shape index (κ1) is 22.0. The molecule has 4 rings (SSSR count). The molecule has 160 valence electrons. The van der Waals surface area contributed by atoms with Crippen LogP contribution in [0.1, 0.15) is 24.2 Å². The quantitative estimate of drug-likeness (QED) is 0.629. The number of hydrogen-bond donors (Lipinski definition) is 1. The summed E-state index contributed by atoms with van der Waals surface area (Å²) in [7, 11) is 0. The summed E-state index contributed by atoms with van der Waals surface area (Å²) in [5, 5.41) is 39.3. The Morgan fingerprint density at radius 3 is 2.28 bits per heavy atom. The highest BCUT2D eigenvalue weighted by Gasteiger charge is 2.80. The van der Waals surface area contributed by atoms with Crippen molar-refractivity contribution >= 4 is 29.1 Å². The minimum atomic E-state index is -2.39. The van der Waals surface area contributed by atoms with Crippen LogP contribution in [-0.4, -0.2) is 5.90 Å². The van der Waals surface area contributed by atoms with Crippen LogP contribution in [0.4, 0.5) is 8.78 Å². The summed E-state index contributed by atoms with van der Waals surface area (Å²) >= 11 is 12.4. The molecule has 4 unspecified atom stereocenters. The predicted molar refractivity (Wildman–Crippen MR) is 108 cm³/mol. The molecule has 0 saturated carbocycles. The lowest BCUT2D eigenvalue weighted by atomic mass is 9.53. The molecule has 6 nitrogen and oxygen atoms in total. The average Bonchev–Trinajstić information content (AvgIpc) is 2.90. The maximum atomic E-state index is 14.8. The number of halogens is 4. The van der Waals surface area contributed by atoms with E-state index < -0.39 is 46.2 Å². The largest absolute Gasteiger partial charge is 0.443 e. The van der Waals surface area contributed by atoms with Crippen LogP contribution in [0.2, 0.25) is 10.0 Å². The topological polar surface area (TPSA) is 114 Å². The van der Waals surface area contributed by atoms with E-state index in [0.717, 1.165) is 12.1 Å². The van der Waals surface area contributed by atoms with Gasteiger partial charge in [0.25, 0.3) is 0 Å². The molecule has 2 aliphatic heterocycles. The van der Waals surface area contributed by atoms with E-state index in [1.54, 1.807) is 12.1 Å². The molecule has 32 heavy (non-hydrogen) atoms. The predicted octanol–water partition coefficient (Wildman–Crippen LogP) is 5.38. The average molecular weight is 473 g/mol. The lowest BCUT2D eigenvalue weighted by Crippen LogP contribution is -2.57. The standard InChI is InChI=1S/C22H12Cl2F2N4O2/c1-11-21(10-29)19(30)32-22(11,15-5-2-12(23)6-16(15)24)31-18(20(21,8-27)9-28)14-4-3-13(25)7-17(14)26/h2-7,11,18,30H,1H3. The van der Waals surface area contributed by atoms with Crippen LogP contribution in [-0.2, 0) is 15.3 Å². The van der Waals surface area contributed by atoms with Crippen molar-refractivity contribution in [3.05, 3.63) is 69.2 Å². The summed E-state index contributed by atoms with van der Waals surface area (Å²) < 4.78 is 40.3. The van der Waals surface area contributed by atoms with Gasteiger partial charge in [-0.25, -0.2) is 8.78 Å². The molecule has 2 bridgehead atoms. The molecule has 0 radical (unpaired) electrons. The zero-order valence-corrected chi connectivity index (χ0v) is 17.8. The van der Waals surface area contributed by atoms with E-state index in [1.807, 2.05) is 6.07 Å². The SMILES string of the molecule is CC1C2(c3ccc(Cl)cc3Cl)OC(=N)C1(C#N)C(C#N)(C#N)C(c1ccc(F)cc1F)O2. The van der Waals surface area contributed by atoms with E-state index in [-0.39, 0.29) is 16.1 Å². The van der Waals surface area contributed by atoms with Crippen molar-refractivity contribution in [1.82, 2.24) is 0 Å². The smallest absolute Gasteiger partial charge is 0.245 e. The van der Waals surface area contributed by atoms with Crippen LogP contribution in [0.5, 0.6) is 0 Å². The van der Waals surface area contributed by atoms with E-state index in [2.05, 4.69) is 0 Å². The number of hydrogen-bond acceptors (Lipinski definition) is 6.